The molecule has 1 aromatic heterocycles. The minimum absolute atomic E-state index is 0.221. The molecule has 1 aliphatic rings. The summed E-state index contributed by atoms with van der Waals surface area (Å²) in [5.41, 5.74) is 0. The van der Waals surface area contributed by atoms with E-state index < -0.39 is 0 Å². The molecule has 1 amide bonds. The Morgan fingerprint density at radius 2 is 2.11 bits per heavy atom. The van der Waals surface area contributed by atoms with Crippen molar-refractivity contribution in [1.29, 1.82) is 0 Å². The highest BCUT2D eigenvalue weighted by atomic mass is 32.2. The molecule has 0 bridgehead atoms. The van der Waals surface area contributed by atoms with Gasteiger partial charge in [-0.15, -0.1) is 0 Å². The van der Waals surface area contributed by atoms with Gasteiger partial charge in [-0.25, -0.2) is 4.98 Å². The summed E-state index contributed by atoms with van der Waals surface area (Å²) in [7, 11) is 1.94. The third-order valence-electron chi connectivity index (χ3n) is 3.27. The molecular formula is C12H20N4OS. The summed E-state index contributed by atoms with van der Waals surface area (Å²) in [5, 5.41) is 0.899. The Morgan fingerprint density at radius 1 is 1.39 bits per heavy atom. The molecule has 1 aliphatic heterocycles. The number of carbonyl (C=O) groups is 1. The summed E-state index contributed by atoms with van der Waals surface area (Å²) in [5.74, 6) is 0.704. The van der Waals surface area contributed by atoms with E-state index in [1.54, 1.807) is 6.20 Å². The lowest BCUT2D eigenvalue weighted by Crippen LogP contribution is -2.49. The number of piperazine rings is 1. The van der Waals surface area contributed by atoms with E-state index in [-0.39, 0.29) is 5.91 Å². The molecule has 0 atom stereocenters. The highest BCUT2D eigenvalue weighted by Crippen LogP contribution is 2.15. The summed E-state index contributed by atoms with van der Waals surface area (Å²) in [6.07, 6.45) is 3.65. The zero-order chi connectivity index (χ0) is 13.0. The number of hydrogen-bond donors (Lipinski definition) is 0. The molecular weight excluding hydrogens is 248 g/mol. The van der Waals surface area contributed by atoms with Crippen molar-refractivity contribution in [1.82, 2.24) is 19.4 Å². The van der Waals surface area contributed by atoms with Crippen LogP contribution in [-0.2, 0) is 11.8 Å². The molecule has 0 spiro atoms. The number of aromatic nitrogens is 2. The van der Waals surface area contributed by atoms with Gasteiger partial charge in [0.05, 0.1) is 5.75 Å². The molecule has 100 valence electrons. The first kappa shape index (κ1) is 13.4. The van der Waals surface area contributed by atoms with Gasteiger partial charge < -0.3 is 14.4 Å². The standard InChI is InChI=1S/C12H20N4OS/c1-3-15-6-8-16(9-7-15)11(17)10-18-12-13-4-5-14(12)2/h4-5H,3,6-10H2,1-2H3. The van der Waals surface area contributed by atoms with Gasteiger partial charge in [-0.2, -0.15) is 0 Å². The van der Waals surface area contributed by atoms with Gasteiger partial charge in [0.15, 0.2) is 5.16 Å². The lowest BCUT2D eigenvalue weighted by atomic mass is 10.3. The van der Waals surface area contributed by atoms with Crippen molar-refractivity contribution >= 4 is 17.7 Å². The zero-order valence-corrected chi connectivity index (χ0v) is 11.8. The molecule has 0 radical (unpaired) electrons. The molecule has 0 saturated carbocycles. The van der Waals surface area contributed by atoms with Gasteiger partial charge in [-0.1, -0.05) is 18.7 Å². The average molecular weight is 268 g/mol. The van der Waals surface area contributed by atoms with Gasteiger partial charge in [0.2, 0.25) is 5.91 Å². The van der Waals surface area contributed by atoms with E-state index in [4.69, 9.17) is 0 Å². The zero-order valence-electron chi connectivity index (χ0n) is 11.0. The lowest BCUT2D eigenvalue weighted by molar-refractivity contribution is -0.130. The second-order valence-corrected chi connectivity index (χ2v) is 5.37. The van der Waals surface area contributed by atoms with Gasteiger partial charge in [-0.05, 0) is 6.54 Å². The molecule has 0 aromatic carbocycles. The molecule has 2 rings (SSSR count). The first-order valence-electron chi connectivity index (χ1n) is 6.31. The quantitative estimate of drug-likeness (QED) is 0.753. The fourth-order valence-electron chi connectivity index (χ4n) is 2.02. The van der Waals surface area contributed by atoms with E-state index in [9.17, 15) is 4.79 Å². The molecule has 1 fully saturated rings. The van der Waals surface area contributed by atoms with E-state index in [0.29, 0.717) is 5.75 Å². The van der Waals surface area contributed by atoms with E-state index in [1.807, 2.05) is 22.7 Å². The topological polar surface area (TPSA) is 41.4 Å². The van der Waals surface area contributed by atoms with Crippen LogP contribution in [0.25, 0.3) is 0 Å². The summed E-state index contributed by atoms with van der Waals surface area (Å²) in [4.78, 5) is 20.6. The summed E-state index contributed by atoms with van der Waals surface area (Å²) in [6, 6.07) is 0. The molecule has 0 N–H and O–H groups in total. The van der Waals surface area contributed by atoms with Gasteiger partial charge in [-0.3, -0.25) is 4.79 Å². The van der Waals surface area contributed by atoms with Crippen molar-refractivity contribution in [3.05, 3.63) is 12.4 Å². The van der Waals surface area contributed by atoms with Crippen molar-refractivity contribution in [3.63, 3.8) is 0 Å². The van der Waals surface area contributed by atoms with Crippen LogP contribution in [0, 0.1) is 0 Å². The third-order valence-corrected chi connectivity index (χ3v) is 4.32. The third kappa shape index (κ3) is 3.26. The van der Waals surface area contributed by atoms with Crippen LogP contribution in [0.1, 0.15) is 6.92 Å². The molecule has 0 aliphatic carbocycles. The van der Waals surface area contributed by atoms with Crippen LogP contribution in [0.15, 0.2) is 17.6 Å². The fourth-order valence-corrected chi connectivity index (χ4v) is 2.86. The van der Waals surface area contributed by atoms with Crippen LogP contribution in [0.5, 0.6) is 0 Å². The predicted octanol–water partition coefficient (Wildman–Crippen LogP) is 0.676. The highest BCUT2D eigenvalue weighted by Gasteiger charge is 2.20. The number of hydrogen-bond acceptors (Lipinski definition) is 4. The second kappa shape index (κ2) is 6.24. The maximum atomic E-state index is 12.0. The normalized spacial score (nSPS) is 17.1. The Balaban J connectivity index is 1.77. The monoisotopic (exact) mass is 268 g/mol. The van der Waals surface area contributed by atoms with Crippen LogP contribution < -0.4 is 0 Å². The van der Waals surface area contributed by atoms with E-state index in [2.05, 4.69) is 16.8 Å². The summed E-state index contributed by atoms with van der Waals surface area (Å²) in [6.45, 7) is 6.94. The Bertz CT molecular complexity index is 399. The van der Waals surface area contributed by atoms with Crippen molar-refractivity contribution in [2.75, 3.05) is 38.5 Å². The second-order valence-electron chi connectivity index (χ2n) is 4.42. The Labute approximate surface area is 112 Å². The number of thioether (sulfide) groups is 1. The van der Waals surface area contributed by atoms with Crippen LogP contribution in [0.4, 0.5) is 0 Å². The first-order chi connectivity index (χ1) is 8.70. The summed E-state index contributed by atoms with van der Waals surface area (Å²) < 4.78 is 1.94. The number of imidazole rings is 1. The SMILES string of the molecule is CCN1CCN(C(=O)CSc2nccn2C)CC1. The molecule has 18 heavy (non-hydrogen) atoms. The first-order valence-corrected chi connectivity index (χ1v) is 7.29. The molecule has 0 unspecified atom stereocenters. The fraction of sp³-hybridized carbons (Fsp3) is 0.667. The van der Waals surface area contributed by atoms with Crippen LogP contribution in [-0.4, -0.2) is 63.7 Å². The largest absolute Gasteiger partial charge is 0.339 e. The highest BCUT2D eigenvalue weighted by molar-refractivity contribution is 7.99. The molecule has 6 heteroatoms. The van der Waals surface area contributed by atoms with Crippen molar-refractivity contribution in [3.8, 4) is 0 Å². The van der Waals surface area contributed by atoms with E-state index in [1.165, 1.54) is 11.8 Å². The van der Waals surface area contributed by atoms with Gasteiger partial charge in [0.25, 0.3) is 0 Å². The van der Waals surface area contributed by atoms with E-state index in [0.717, 1.165) is 37.9 Å². The number of aryl methyl sites for hydroxylation is 1. The maximum absolute atomic E-state index is 12.0. The lowest BCUT2D eigenvalue weighted by Gasteiger charge is -2.34. The Morgan fingerprint density at radius 3 is 2.67 bits per heavy atom. The van der Waals surface area contributed by atoms with E-state index >= 15 is 0 Å². The Kier molecular flexibility index (Phi) is 4.66. The minimum atomic E-state index is 0.221. The number of amides is 1. The van der Waals surface area contributed by atoms with Gasteiger partial charge in [0.1, 0.15) is 0 Å². The molecule has 2 heterocycles. The molecule has 1 aromatic rings. The smallest absolute Gasteiger partial charge is 0.233 e. The number of rotatable bonds is 4. The van der Waals surface area contributed by atoms with Crippen molar-refractivity contribution in [2.24, 2.45) is 7.05 Å². The van der Waals surface area contributed by atoms with Crippen LogP contribution in [0.3, 0.4) is 0 Å². The number of nitrogens with zero attached hydrogens (tertiary/aromatic N) is 4. The minimum Gasteiger partial charge on any atom is -0.339 e. The maximum Gasteiger partial charge on any atom is 0.233 e. The predicted molar refractivity (Wildman–Crippen MR) is 72.6 cm³/mol. The molecule has 1 saturated heterocycles. The van der Waals surface area contributed by atoms with Crippen molar-refractivity contribution in [2.45, 2.75) is 12.1 Å². The number of carbonyl (C=O) groups excluding carboxylic acids is 1. The van der Waals surface area contributed by atoms with Gasteiger partial charge >= 0.3 is 0 Å². The molecule has 5 nitrogen and oxygen atoms in total. The summed E-state index contributed by atoms with van der Waals surface area (Å²) >= 11 is 1.51. The van der Waals surface area contributed by atoms with Crippen molar-refractivity contribution < 1.29 is 4.79 Å². The van der Waals surface area contributed by atoms with Crippen LogP contribution in [0.2, 0.25) is 0 Å². The van der Waals surface area contributed by atoms with Gasteiger partial charge in [0, 0.05) is 45.6 Å². The van der Waals surface area contributed by atoms with Crippen LogP contribution >= 0.6 is 11.8 Å². The average Bonchev–Trinajstić information content (AvgIpc) is 2.81. The number of likely N-dealkylation sites (N-methyl/N-ethyl adjacent to an activating group) is 1. The Hall–Kier alpha value is -1.01.